The fraction of sp³-hybridized carbons (Fsp3) is 0.105. The van der Waals surface area contributed by atoms with Gasteiger partial charge in [0.15, 0.2) is 5.82 Å². The number of anilines is 2. The van der Waals surface area contributed by atoms with Crippen LogP contribution in [0.5, 0.6) is 0 Å². The van der Waals surface area contributed by atoms with Crippen LogP contribution in [0.1, 0.15) is 21.6 Å². The number of carboxylic acids is 1. The Bertz CT molecular complexity index is 940. The van der Waals surface area contributed by atoms with Gasteiger partial charge in [-0.15, -0.1) is 0 Å². The summed E-state index contributed by atoms with van der Waals surface area (Å²) in [6.45, 7) is 3.70. The lowest BCUT2D eigenvalue weighted by Gasteiger charge is -2.13. The fourth-order valence-corrected chi connectivity index (χ4v) is 2.35. The normalized spacial score (nSPS) is 10.5. The smallest absolute Gasteiger partial charge is 0.335 e. The SMILES string of the molecule is Cc1nc(-c2ccccc2F)nc(Nc2ccc(C(=O)O)cc2)c1C. The van der Waals surface area contributed by atoms with Gasteiger partial charge >= 0.3 is 5.97 Å². The molecule has 0 aliphatic rings. The van der Waals surface area contributed by atoms with Gasteiger partial charge in [-0.1, -0.05) is 12.1 Å². The molecular formula is C19H16FN3O2. The van der Waals surface area contributed by atoms with Gasteiger partial charge in [0.2, 0.25) is 0 Å². The number of benzene rings is 2. The van der Waals surface area contributed by atoms with E-state index >= 15 is 0 Å². The molecule has 6 heteroatoms. The third-order valence-corrected chi connectivity index (χ3v) is 3.90. The van der Waals surface area contributed by atoms with Gasteiger partial charge in [-0.3, -0.25) is 0 Å². The number of hydrogen-bond acceptors (Lipinski definition) is 4. The molecule has 2 N–H and O–H groups in total. The third kappa shape index (κ3) is 3.47. The molecule has 0 unspecified atom stereocenters. The minimum absolute atomic E-state index is 0.202. The number of nitrogens with one attached hydrogen (secondary N) is 1. The van der Waals surface area contributed by atoms with Crippen LogP contribution in [0.15, 0.2) is 48.5 Å². The summed E-state index contributed by atoms with van der Waals surface area (Å²) in [4.78, 5) is 19.7. The maximum atomic E-state index is 14.0. The Morgan fingerprint density at radius 3 is 2.36 bits per heavy atom. The lowest BCUT2D eigenvalue weighted by molar-refractivity contribution is 0.0697. The van der Waals surface area contributed by atoms with E-state index in [1.165, 1.54) is 18.2 Å². The minimum Gasteiger partial charge on any atom is -0.478 e. The van der Waals surface area contributed by atoms with Gasteiger partial charge in [0.05, 0.1) is 11.1 Å². The highest BCUT2D eigenvalue weighted by molar-refractivity contribution is 5.88. The first-order valence-corrected chi connectivity index (χ1v) is 7.66. The number of rotatable bonds is 4. The molecule has 25 heavy (non-hydrogen) atoms. The number of carbonyl (C=O) groups is 1. The summed E-state index contributed by atoms with van der Waals surface area (Å²) in [7, 11) is 0. The molecule has 0 radical (unpaired) electrons. The number of aromatic carboxylic acids is 1. The molecule has 0 spiro atoms. The van der Waals surface area contributed by atoms with Gasteiger partial charge in [0.1, 0.15) is 11.6 Å². The first kappa shape index (κ1) is 16.6. The van der Waals surface area contributed by atoms with E-state index in [1.807, 2.05) is 13.8 Å². The number of aromatic nitrogens is 2. The van der Waals surface area contributed by atoms with E-state index in [0.717, 1.165) is 11.3 Å². The van der Waals surface area contributed by atoms with Gasteiger partial charge in [-0.25, -0.2) is 19.2 Å². The number of nitrogens with zero attached hydrogens (tertiary/aromatic N) is 2. The predicted octanol–water partition coefficient (Wildman–Crippen LogP) is 4.34. The predicted molar refractivity (Wildman–Crippen MR) is 93.6 cm³/mol. The van der Waals surface area contributed by atoms with Crippen molar-refractivity contribution >= 4 is 17.5 Å². The Balaban J connectivity index is 1.98. The van der Waals surface area contributed by atoms with Crippen LogP contribution in [-0.2, 0) is 0 Å². The second kappa shape index (κ2) is 6.68. The number of hydrogen-bond donors (Lipinski definition) is 2. The zero-order valence-electron chi connectivity index (χ0n) is 13.7. The molecule has 3 aromatic rings. The number of aryl methyl sites for hydroxylation is 1. The largest absolute Gasteiger partial charge is 0.478 e. The Morgan fingerprint density at radius 1 is 1.04 bits per heavy atom. The fourth-order valence-electron chi connectivity index (χ4n) is 2.35. The Kier molecular flexibility index (Phi) is 4.43. The zero-order valence-corrected chi connectivity index (χ0v) is 13.7. The van der Waals surface area contributed by atoms with Crippen molar-refractivity contribution in [3.63, 3.8) is 0 Å². The van der Waals surface area contributed by atoms with E-state index in [2.05, 4.69) is 15.3 Å². The molecule has 5 nitrogen and oxygen atoms in total. The average Bonchev–Trinajstić information content (AvgIpc) is 2.59. The Morgan fingerprint density at radius 2 is 1.72 bits per heavy atom. The molecule has 2 aromatic carbocycles. The van der Waals surface area contributed by atoms with Crippen LogP contribution in [-0.4, -0.2) is 21.0 Å². The standard InChI is InChI=1S/C19H16FN3O2/c1-11-12(2)21-18(15-5-3-4-6-16(15)20)23-17(11)22-14-9-7-13(8-10-14)19(24)25/h3-10H,1-2H3,(H,24,25)(H,21,22,23). The zero-order chi connectivity index (χ0) is 18.0. The summed E-state index contributed by atoms with van der Waals surface area (Å²) in [6.07, 6.45) is 0. The maximum Gasteiger partial charge on any atom is 0.335 e. The van der Waals surface area contributed by atoms with Crippen LogP contribution >= 0.6 is 0 Å². The third-order valence-electron chi connectivity index (χ3n) is 3.90. The first-order valence-electron chi connectivity index (χ1n) is 7.66. The van der Waals surface area contributed by atoms with Gasteiger partial charge < -0.3 is 10.4 Å². The first-order chi connectivity index (χ1) is 12.0. The summed E-state index contributed by atoms with van der Waals surface area (Å²) in [6, 6.07) is 12.7. The van der Waals surface area contributed by atoms with Crippen LogP contribution in [0.3, 0.4) is 0 Å². The number of halogens is 1. The molecule has 0 bridgehead atoms. The van der Waals surface area contributed by atoms with E-state index in [9.17, 15) is 9.18 Å². The maximum absolute atomic E-state index is 14.0. The van der Waals surface area contributed by atoms with Crippen LogP contribution in [0.2, 0.25) is 0 Å². The van der Waals surface area contributed by atoms with Crippen LogP contribution < -0.4 is 5.32 Å². The molecule has 1 aromatic heterocycles. The van der Waals surface area contributed by atoms with E-state index in [0.29, 0.717) is 22.9 Å². The molecule has 3 rings (SSSR count). The number of carboxylic acid groups (broad SMARTS) is 1. The minimum atomic E-state index is -0.984. The second-order valence-corrected chi connectivity index (χ2v) is 5.59. The van der Waals surface area contributed by atoms with Crippen molar-refractivity contribution in [3.05, 3.63) is 71.2 Å². The monoisotopic (exact) mass is 337 g/mol. The van der Waals surface area contributed by atoms with Crippen molar-refractivity contribution in [3.8, 4) is 11.4 Å². The summed E-state index contributed by atoms with van der Waals surface area (Å²) in [5.41, 5.74) is 2.79. The van der Waals surface area contributed by atoms with E-state index in [-0.39, 0.29) is 11.4 Å². The van der Waals surface area contributed by atoms with Crippen LogP contribution in [0.25, 0.3) is 11.4 Å². The van der Waals surface area contributed by atoms with Gasteiger partial charge in [-0.05, 0) is 50.2 Å². The lowest BCUT2D eigenvalue weighted by atomic mass is 10.1. The van der Waals surface area contributed by atoms with E-state index in [4.69, 9.17) is 5.11 Å². The second-order valence-electron chi connectivity index (χ2n) is 5.59. The summed E-state index contributed by atoms with van der Waals surface area (Å²) >= 11 is 0. The molecule has 0 atom stereocenters. The summed E-state index contributed by atoms with van der Waals surface area (Å²) < 4.78 is 14.0. The van der Waals surface area contributed by atoms with Crippen molar-refractivity contribution in [2.75, 3.05) is 5.32 Å². The molecule has 0 fully saturated rings. The molecule has 0 aliphatic carbocycles. The molecular weight excluding hydrogens is 321 g/mol. The summed E-state index contributed by atoms with van der Waals surface area (Å²) in [5, 5.41) is 12.1. The van der Waals surface area contributed by atoms with E-state index in [1.54, 1.807) is 30.3 Å². The molecule has 0 saturated carbocycles. The van der Waals surface area contributed by atoms with Crippen LogP contribution in [0.4, 0.5) is 15.9 Å². The highest BCUT2D eigenvalue weighted by atomic mass is 19.1. The molecule has 0 amide bonds. The van der Waals surface area contributed by atoms with Crippen molar-refractivity contribution in [2.45, 2.75) is 13.8 Å². The molecule has 0 aliphatic heterocycles. The molecule has 126 valence electrons. The van der Waals surface area contributed by atoms with Crippen molar-refractivity contribution in [2.24, 2.45) is 0 Å². The van der Waals surface area contributed by atoms with Crippen molar-refractivity contribution in [1.82, 2.24) is 9.97 Å². The van der Waals surface area contributed by atoms with Gasteiger partial charge in [0, 0.05) is 16.9 Å². The lowest BCUT2D eigenvalue weighted by Crippen LogP contribution is -2.04. The Hall–Kier alpha value is -3.28. The van der Waals surface area contributed by atoms with Crippen molar-refractivity contribution in [1.29, 1.82) is 0 Å². The van der Waals surface area contributed by atoms with Gasteiger partial charge in [0.25, 0.3) is 0 Å². The van der Waals surface area contributed by atoms with Crippen LogP contribution in [0, 0.1) is 19.7 Å². The highest BCUT2D eigenvalue weighted by Gasteiger charge is 2.13. The van der Waals surface area contributed by atoms with E-state index < -0.39 is 5.97 Å². The molecule has 0 saturated heterocycles. The Labute approximate surface area is 144 Å². The van der Waals surface area contributed by atoms with Gasteiger partial charge in [-0.2, -0.15) is 0 Å². The average molecular weight is 337 g/mol. The quantitative estimate of drug-likeness (QED) is 0.740. The highest BCUT2D eigenvalue weighted by Crippen LogP contribution is 2.26. The molecule has 1 heterocycles. The summed E-state index contributed by atoms with van der Waals surface area (Å²) in [5.74, 6) is -0.523. The van der Waals surface area contributed by atoms with Crippen molar-refractivity contribution < 1.29 is 14.3 Å². The topological polar surface area (TPSA) is 75.1 Å².